The second-order valence-electron chi connectivity index (χ2n) is 5.25. The van der Waals surface area contributed by atoms with Crippen LogP contribution in [0.25, 0.3) is 0 Å². The Morgan fingerprint density at radius 2 is 2.05 bits per heavy atom. The van der Waals surface area contributed by atoms with Crippen molar-refractivity contribution in [3.8, 4) is 0 Å². The van der Waals surface area contributed by atoms with Crippen LogP contribution in [0.4, 0.5) is 8.78 Å². The summed E-state index contributed by atoms with van der Waals surface area (Å²) >= 11 is 6.21. The van der Waals surface area contributed by atoms with Crippen LogP contribution < -0.4 is 5.32 Å². The third-order valence-corrected chi connectivity index (χ3v) is 4.33. The van der Waals surface area contributed by atoms with E-state index in [9.17, 15) is 13.6 Å². The van der Waals surface area contributed by atoms with Crippen LogP contribution in [0.1, 0.15) is 31.2 Å². The van der Waals surface area contributed by atoms with Crippen LogP contribution >= 0.6 is 11.6 Å². The lowest BCUT2D eigenvalue weighted by Gasteiger charge is -2.27. The van der Waals surface area contributed by atoms with Gasteiger partial charge in [0.2, 0.25) is 5.91 Å². The summed E-state index contributed by atoms with van der Waals surface area (Å²) in [5.74, 6) is -1.91. The van der Waals surface area contributed by atoms with Crippen molar-refractivity contribution in [1.29, 1.82) is 0 Å². The number of nitrogens with one attached hydrogen (secondary N) is 1. The zero-order valence-corrected chi connectivity index (χ0v) is 11.9. The number of alkyl halides is 1. The molecular formula is C15H18ClF2NO. The average molecular weight is 302 g/mol. The zero-order valence-electron chi connectivity index (χ0n) is 11.2. The summed E-state index contributed by atoms with van der Waals surface area (Å²) in [6.07, 6.45) is 4.09. The van der Waals surface area contributed by atoms with E-state index >= 15 is 0 Å². The molecule has 5 heteroatoms. The van der Waals surface area contributed by atoms with Crippen molar-refractivity contribution in [2.45, 2.75) is 37.5 Å². The second kappa shape index (κ2) is 7.02. The minimum absolute atomic E-state index is 0.0774. The summed E-state index contributed by atoms with van der Waals surface area (Å²) in [4.78, 5) is 11.8. The van der Waals surface area contributed by atoms with Crippen LogP contribution in [0.3, 0.4) is 0 Å². The van der Waals surface area contributed by atoms with E-state index in [1.807, 2.05) is 0 Å². The lowest BCUT2D eigenvalue weighted by Crippen LogP contribution is -2.35. The molecule has 1 aliphatic carbocycles. The molecule has 2 rings (SSSR count). The molecule has 2 unspecified atom stereocenters. The molecule has 1 aliphatic rings. The van der Waals surface area contributed by atoms with Crippen molar-refractivity contribution in [3.63, 3.8) is 0 Å². The van der Waals surface area contributed by atoms with E-state index in [1.165, 1.54) is 12.1 Å². The Labute approximate surface area is 122 Å². The molecule has 0 bridgehead atoms. The number of carbonyl (C=O) groups is 1. The molecule has 1 aromatic carbocycles. The minimum Gasteiger partial charge on any atom is -0.355 e. The molecule has 0 heterocycles. The van der Waals surface area contributed by atoms with E-state index in [2.05, 4.69) is 5.32 Å². The summed E-state index contributed by atoms with van der Waals surface area (Å²) in [5, 5.41) is 2.86. The number of hydrogen-bond acceptors (Lipinski definition) is 1. The maximum atomic E-state index is 13.4. The number of rotatable bonds is 4. The van der Waals surface area contributed by atoms with Gasteiger partial charge >= 0.3 is 0 Å². The first-order valence-corrected chi connectivity index (χ1v) is 7.35. The van der Waals surface area contributed by atoms with Crippen molar-refractivity contribution in [1.82, 2.24) is 5.32 Å². The van der Waals surface area contributed by atoms with Crippen molar-refractivity contribution in [2.75, 3.05) is 6.54 Å². The molecule has 0 radical (unpaired) electrons. The lowest BCUT2D eigenvalue weighted by molar-refractivity contribution is -0.120. The van der Waals surface area contributed by atoms with Gasteiger partial charge in [0, 0.05) is 17.5 Å². The Balaban J connectivity index is 1.85. The van der Waals surface area contributed by atoms with Crippen LogP contribution in [0.5, 0.6) is 0 Å². The number of hydrogen-bond donors (Lipinski definition) is 1. The van der Waals surface area contributed by atoms with Crippen LogP contribution in [-0.4, -0.2) is 17.8 Å². The average Bonchev–Trinajstić information content (AvgIpc) is 2.43. The molecule has 0 spiro atoms. The first-order valence-electron chi connectivity index (χ1n) is 6.91. The second-order valence-corrected chi connectivity index (χ2v) is 5.81. The maximum absolute atomic E-state index is 13.4. The van der Waals surface area contributed by atoms with E-state index in [0.29, 0.717) is 6.54 Å². The van der Waals surface area contributed by atoms with Crippen LogP contribution in [0.15, 0.2) is 18.2 Å². The normalized spacial score (nSPS) is 22.6. The third-order valence-electron chi connectivity index (χ3n) is 3.76. The Morgan fingerprint density at radius 3 is 2.80 bits per heavy atom. The highest BCUT2D eigenvalue weighted by Gasteiger charge is 2.23. The molecule has 0 aromatic heterocycles. The van der Waals surface area contributed by atoms with Gasteiger partial charge in [0.15, 0.2) is 11.6 Å². The van der Waals surface area contributed by atoms with Gasteiger partial charge in [-0.25, -0.2) is 8.78 Å². The molecule has 2 nitrogen and oxygen atoms in total. The molecule has 0 aliphatic heterocycles. The number of halogens is 3. The number of amides is 1. The lowest BCUT2D eigenvalue weighted by atomic mass is 9.88. The third kappa shape index (κ3) is 3.92. The first kappa shape index (κ1) is 15.2. The fourth-order valence-corrected chi connectivity index (χ4v) is 2.93. The molecule has 2 atom stereocenters. The highest BCUT2D eigenvalue weighted by Crippen LogP contribution is 2.28. The van der Waals surface area contributed by atoms with Gasteiger partial charge in [0.05, 0.1) is 6.42 Å². The number of carbonyl (C=O) groups excluding carboxylic acids is 1. The molecule has 110 valence electrons. The molecule has 1 N–H and O–H groups in total. The fourth-order valence-electron chi connectivity index (χ4n) is 2.56. The van der Waals surface area contributed by atoms with Crippen LogP contribution in [0, 0.1) is 17.6 Å². The summed E-state index contributed by atoms with van der Waals surface area (Å²) in [5.41, 5.74) is 0.0774. The highest BCUT2D eigenvalue weighted by molar-refractivity contribution is 6.20. The summed E-state index contributed by atoms with van der Waals surface area (Å²) in [6, 6.07) is 3.86. The van der Waals surface area contributed by atoms with Crippen molar-refractivity contribution in [3.05, 3.63) is 35.4 Å². The SMILES string of the molecule is O=C(Cc1cccc(F)c1F)NCC1CCCCC1Cl. The van der Waals surface area contributed by atoms with Crippen LogP contribution in [0.2, 0.25) is 0 Å². The maximum Gasteiger partial charge on any atom is 0.224 e. The molecule has 0 saturated heterocycles. The largest absolute Gasteiger partial charge is 0.355 e. The van der Waals surface area contributed by atoms with Crippen molar-refractivity contribution in [2.24, 2.45) is 5.92 Å². The smallest absolute Gasteiger partial charge is 0.224 e. The van der Waals surface area contributed by atoms with Gasteiger partial charge in [0.25, 0.3) is 0 Å². The predicted molar refractivity (Wildman–Crippen MR) is 74.7 cm³/mol. The highest BCUT2D eigenvalue weighted by atomic mass is 35.5. The molecule has 20 heavy (non-hydrogen) atoms. The molecular weight excluding hydrogens is 284 g/mol. The monoisotopic (exact) mass is 301 g/mol. The summed E-state index contributed by atoms with van der Waals surface area (Å²) < 4.78 is 26.5. The quantitative estimate of drug-likeness (QED) is 0.848. The Bertz CT molecular complexity index is 481. The fraction of sp³-hybridized carbons (Fsp3) is 0.533. The van der Waals surface area contributed by atoms with Gasteiger partial charge in [-0.1, -0.05) is 25.0 Å². The number of benzene rings is 1. The van der Waals surface area contributed by atoms with E-state index in [4.69, 9.17) is 11.6 Å². The predicted octanol–water partition coefficient (Wildman–Crippen LogP) is 3.42. The zero-order chi connectivity index (χ0) is 14.5. The Hall–Kier alpha value is -1.16. The van der Waals surface area contributed by atoms with Gasteiger partial charge in [0.1, 0.15) is 0 Å². The van der Waals surface area contributed by atoms with Crippen molar-refractivity contribution >= 4 is 17.5 Å². The van der Waals surface area contributed by atoms with Gasteiger partial charge in [-0.15, -0.1) is 11.6 Å². The summed E-state index contributed by atoms with van der Waals surface area (Å²) in [6.45, 7) is 0.504. The van der Waals surface area contributed by atoms with Crippen molar-refractivity contribution < 1.29 is 13.6 Å². The first-order chi connectivity index (χ1) is 9.58. The van der Waals surface area contributed by atoms with E-state index in [1.54, 1.807) is 0 Å². The van der Waals surface area contributed by atoms with Gasteiger partial charge in [-0.2, -0.15) is 0 Å². The molecule has 1 saturated carbocycles. The molecule has 1 fully saturated rings. The molecule has 1 aromatic rings. The van der Waals surface area contributed by atoms with Gasteiger partial charge in [-0.3, -0.25) is 4.79 Å². The summed E-state index contributed by atoms with van der Waals surface area (Å²) in [7, 11) is 0. The Kier molecular flexibility index (Phi) is 5.35. The van der Waals surface area contributed by atoms with Gasteiger partial charge < -0.3 is 5.32 Å². The Morgan fingerprint density at radius 1 is 1.30 bits per heavy atom. The van der Waals surface area contributed by atoms with E-state index < -0.39 is 11.6 Å². The van der Waals surface area contributed by atoms with E-state index in [0.717, 1.165) is 31.7 Å². The van der Waals surface area contributed by atoms with Gasteiger partial charge in [-0.05, 0) is 24.8 Å². The topological polar surface area (TPSA) is 29.1 Å². The molecule has 1 amide bonds. The standard InChI is InChI=1S/C15H18ClF2NO/c16-12-6-2-1-4-11(12)9-19-14(20)8-10-5-3-7-13(17)15(10)18/h3,5,7,11-12H,1-2,4,6,8-9H2,(H,19,20). The van der Waals surface area contributed by atoms with E-state index in [-0.39, 0.29) is 29.2 Å². The van der Waals surface area contributed by atoms with Crippen LogP contribution in [-0.2, 0) is 11.2 Å². The minimum atomic E-state index is -0.949.